The second kappa shape index (κ2) is 3.21. The summed E-state index contributed by atoms with van der Waals surface area (Å²) in [6.07, 6.45) is 5.33. The van der Waals surface area contributed by atoms with Gasteiger partial charge in [-0.3, -0.25) is 0 Å². The van der Waals surface area contributed by atoms with Gasteiger partial charge in [0.2, 0.25) is 0 Å². The largest absolute Gasteiger partial charge is 0.236 e. The third-order valence-corrected chi connectivity index (χ3v) is 2.47. The van der Waals surface area contributed by atoms with Crippen LogP contribution in [0.15, 0.2) is 0 Å². The van der Waals surface area contributed by atoms with Gasteiger partial charge in [0, 0.05) is 0 Å². The van der Waals surface area contributed by atoms with Gasteiger partial charge in [-0.25, -0.2) is 5.11 Å². The maximum Gasteiger partial charge on any atom is 0.0850 e. The van der Waals surface area contributed by atoms with Crippen LogP contribution in [-0.2, 0) is 5.11 Å². The van der Waals surface area contributed by atoms with Crippen molar-refractivity contribution in [2.45, 2.75) is 32.6 Å². The molecule has 1 heteroatoms. The van der Waals surface area contributed by atoms with E-state index >= 15 is 0 Å². The molecule has 53 valence electrons. The van der Waals surface area contributed by atoms with Crippen LogP contribution in [0.2, 0.25) is 0 Å². The standard InChI is InChI=1S/C8H15O/c1-7(6-9)8-4-2-3-5-8/h7-8H,2-6H2,1H3. The minimum absolute atomic E-state index is 0.130. The summed E-state index contributed by atoms with van der Waals surface area (Å²) in [7, 11) is 0. The molecule has 9 heavy (non-hydrogen) atoms. The molecule has 1 nitrogen and oxygen atoms in total. The average molecular weight is 127 g/mol. The summed E-state index contributed by atoms with van der Waals surface area (Å²) < 4.78 is 0. The Hall–Kier alpha value is -0.0400. The van der Waals surface area contributed by atoms with Crippen LogP contribution in [0, 0.1) is 11.8 Å². The predicted molar refractivity (Wildman–Crippen MR) is 36.7 cm³/mol. The lowest BCUT2D eigenvalue weighted by atomic mass is 9.94. The van der Waals surface area contributed by atoms with Crippen molar-refractivity contribution in [3.63, 3.8) is 0 Å². The minimum Gasteiger partial charge on any atom is -0.236 e. The molecular weight excluding hydrogens is 112 g/mol. The smallest absolute Gasteiger partial charge is 0.0850 e. The molecule has 1 unspecified atom stereocenters. The Bertz CT molecular complexity index is 74.6. The molecule has 1 atom stereocenters. The zero-order valence-electron chi connectivity index (χ0n) is 6.10. The summed E-state index contributed by atoms with van der Waals surface area (Å²) in [5.74, 6) is 1.20. The average Bonchev–Trinajstić information content (AvgIpc) is 2.37. The predicted octanol–water partition coefficient (Wildman–Crippen LogP) is 2.24. The first kappa shape index (κ1) is 7.07. The van der Waals surface area contributed by atoms with Gasteiger partial charge in [-0.2, -0.15) is 0 Å². The summed E-state index contributed by atoms with van der Waals surface area (Å²) in [6, 6.07) is 0. The van der Waals surface area contributed by atoms with Gasteiger partial charge < -0.3 is 0 Å². The molecule has 0 aliphatic heterocycles. The second-order valence-electron chi connectivity index (χ2n) is 3.19. The lowest BCUT2D eigenvalue weighted by molar-refractivity contribution is 0.121. The van der Waals surface area contributed by atoms with Crippen LogP contribution in [0.1, 0.15) is 32.6 Å². The molecule has 0 aromatic heterocycles. The first-order valence-electron chi connectivity index (χ1n) is 3.92. The Morgan fingerprint density at radius 2 is 2.00 bits per heavy atom. The molecule has 0 heterocycles. The van der Waals surface area contributed by atoms with E-state index in [0.717, 1.165) is 5.92 Å². The normalized spacial score (nSPS) is 24.7. The van der Waals surface area contributed by atoms with Gasteiger partial charge in [-0.05, 0) is 11.8 Å². The van der Waals surface area contributed by atoms with E-state index in [9.17, 15) is 5.11 Å². The first-order chi connectivity index (χ1) is 4.34. The van der Waals surface area contributed by atoms with Crippen molar-refractivity contribution >= 4 is 0 Å². The Kier molecular flexibility index (Phi) is 2.52. The van der Waals surface area contributed by atoms with E-state index in [2.05, 4.69) is 6.92 Å². The van der Waals surface area contributed by atoms with Gasteiger partial charge >= 0.3 is 0 Å². The Balaban J connectivity index is 2.24. The van der Waals surface area contributed by atoms with Crippen molar-refractivity contribution in [3.8, 4) is 0 Å². The zero-order valence-corrected chi connectivity index (χ0v) is 6.10. The third kappa shape index (κ3) is 1.68. The van der Waals surface area contributed by atoms with Crippen molar-refractivity contribution in [2.75, 3.05) is 6.61 Å². The SMILES string of the molecule is CC(C[O])C1CCCC1. The van der Waals surface area contributed by atoms with E-state index in [0.29, 0.717) is 5.92 Å². The van der Waals surface area contributed by atoms with Gasteiger partial charge in [0.15, 0.2) is 0 Å². The molecule has 0 aromatic rings. The maximum atomic E-state index is 10.4. The third-order valence-electron chi connectivity index (χ3n) is 2.47. The number of hydrogen-bond donors (Lipinski definition) is 0. The van der Waals surface area contributed by atoms with E-state index in [-0.39, 0.29) is 6.61 Å². The van der Waals surface area contributed by atoms with Crippen LogP contribution in [0.3, 0.4) is 0 Å². The van der Waals surface area contributed by atoms with Crippen LogP contribution in [0.25, 0.3) is 0 Å². The number of rotatable bonds is 2. The number of hydrogen-bond acceptors (Lipinski definition) is 0. The Labute approximate surface area is 57.1 Å². The van der Waals surface area contributed by atoms with Gasteiger partial charge in [-0.15, -0.1) is 0 Å². The van der Waals surface area contributed by atoms with Crippen LogP contribution in [0.4, 0.5) is 0 Å². The summed E-state index contributed by atoms with van der Waals surface area (Å²) in [6.45, 7) is 2.22. The molecule has 1 aliphatic carbocycles. The monoisotopic (exact) mass is 127 g/mol. The highest BCUT2D eigenvalue weighted by Gasteiger charge is 2.20. The minimum atomic E-state index is 0.130. The highest BCUT2D eigenvalue weighted by atomic mass is 16.3. The molecule has 0 amide bonds. The van der Waals surface area contributed by atoms with Crippen LogP contribution >= 0.6 is 0 Å². The van der Waals surface area contributed by atoms with E-state index < -0.39 is 0 Å². The molecule has 0 N–H and O–H groups in total. The van der Waals surface area contributed by atoms with Gasteiger partial charge in [0.05, 0.1) is 6.61 Å². The lowest BCUT2D eigenvalue weighted by Gasteiger charge is -2.13. The molecule has 1 rings (SSSR count). The maximum absolute atomic E-state index is 10.4. The fourth-order valence-electron chi connectivity index (χ4n) is 1.66. The molecular formula is C8H15O. The quantitative estimate of drug-likeness (QED) is 0.542. The van der Waals surface area contributed by atoms with Gasteiger partial charge in [-0.1, -0.05) is 32.6 Å². The van der Waals surface area contributed by atoms with E-state index in [4.69, 9.17) is 0 Å². The fourth-order valence-corrected chi connectivity index (χ4v) is 1.66. The molecule has 1 aliphatic rings. The summed E-state index contributed by atoms with van der Waals surface area (Å²) in [4.78, 5) is 0. The van der Waals surface area contributed by atoms with Gasteiger partial charge in [0.25, 0.3) is 0 Å². The molecule has 1 saturated carbocycles. The summed E-state index contributed by atoms with van der Waals surface area (Å²) >= 11 is 0. The second-order valence-corrected chi connectivity index (χ2v) is 3.19. The molecule has 1 fully saturated rings. The van der Waals surface area contributed by atoms with Crippen molar-refractivity contribution in [3.05, 3.63) is 0 Å². The van der Waals surface area contributed by atoms with Crippen LogP contribution < -0.4 is 0 Å². The highest BCUT2D eigenvalue weighted by Crippen LogP contribution is 2.30. The van der Waals surface area contributed by atoms with Crippen LogP contribution in [0.5, 0.6) is 0 Å². The van der Waals surface area contributed by atoms with E-state index in [1.807, 2.05) is 0 Å². The summed E-state index contributed by atoms with van der Waals surface area (Å²) in [5.41, 5.74) is 0. The molecule has 0 spiro atoms. The van der Waals surface area contributed by atoms with Crippen molar-refractivity contribution in [2.24, 2.45) is 11.8 Å². The van der Waals surface area contributed by atoms with Crippen LogP contribution in [-0.4, -0.2) is 6.61 Å². The summed E-state index contributed by atoms with van der Waals surface area (Å²) in [5, 5.41) is 10.4. The topological polar surface area (TPSA) is 19.9 Å². The van der Waals surface area contributed by atoms with E-state index in [1.54, 1.807) is 0 Å². The molecule has 0 bridgehead atoms. The fraction of sp³-hybridized carbons (Fsp3) is 1.00. The van der Waals surface area contributed by atoms with Crippen molar-refractivity contribution < 1.29 is 5.11 Å². The first-order valence-corrected chi connectivity index (χ1v) is 3.92. The van der Waals surface area contributed by atoms with Crippen molar-refractivity contribution in [1.29, 1.82) is 0 Å². The Morgan fingerprint density at radius 3 is 2.44 bits per heavy atom. The molecule has 0 saturated heterocycles. The zero-order chi connectivity index (χ0) is 6.69. The Morgan fingerprint density at radius 1 is 1.44 bits per heavy atom. The molecule has 1 radical (unpaired) electrons. The van der Waals surface area contributed by atoms with E-state index in [1.165, 1.54) is 25.7 Å². The lowest BCUT2D eigenvalue weighted by Crippen LogP contribution is -2.10. The van der Waals surface area contributed by atoms with Crippen molar-refractivity contribution in [1.82, 2.24) is 0 Å². The van der Waals surface area contributed by atoms with Gasteiger partial charge in [0.1, 0.15) is 0 Å². The molecule has 0 aromatic carbocycles. The highest BCUT2D eigenvalue weighted by molar-refractivity contribution is 4.71.